The predicted octanol–water partition coefficient (Wildman–Crippen LogP) is 4.32. The maximum absolute atomic E-state index is 12.4. The van der Waals surface area contributed by atoms with Crippen LogP contribution in [0.2, 0.25) is 10.0 Å². The van der Waals surface area contributed by atoms with Crippen LogP contribution in [0.3, 0.4) is 0 Å². The summed E-state index contributed by atoms with van der Waals surface area (Å²) in [7, 11) is -3.74. The van der Waals surface area contributed by atoms with Gasteiger partial charge in [0.2, 0.25) is 10.0 Å². The molecule has 1 aromatic rings. The summed E-state index contributed by atoms with van der Waals surface area (Å²) in [5, 5.41) is 0.458. The normalized spacial score (nSPS) is 14.3. The van der Waals surface area contributed by atoms with Crippen molar-refractivity contribution in [2.75, 3.05) is 5.88 Å². The fraction of sp³-hybridized carbons (Fsp3) is 0.538. The summed E-state index contributed by atoms with van der Waals surface area (Å²) in [6.07, 6.45) is 0.530. The number of halogens is 3. The van der Waals surface area contributed by atoms with Gasteiger partial charge in [-0.25, -0.2) is 13.1 Å². The molecule has 1 aromatic carbocycles. The molecule has 0 fully saturated rings. The number of rotatable bonds is 5. The molecule has 0 aliphatic carbocycles. The quantitative estimate of drug-likeness (QED) is 0.797. The third-order valence-corrected chi connectivity index (χ3v) is 5.33. The van der Waals surface area contributed by atoms with E-state index >= 15 is 0 Å². The summed E-state index contributed by atoms with van der Waals surface area (Å²) in [5.41, 5.74) is -0.257. The van der Waals surface area contributed by atoms with Crippen LogP contribution in [0.4, 0.5) is 0 Å². The van der Waals surface area contributed by atoms with Gasteiger partial charge in [-0.15, -0.1) is 11.6 Å². The molecule has 0 amide bonds. The zero-order valence-corrected chi connectivity index (χ0v) is 14.7. The molecule has 1 N–H and O–H groups in total. The van der Waals surface area contributed by atoms with E-state index in [4.69, 9.17) is 34.8 Å². The van der Waals surface area contributed by atoms with Gasteiger partial charge in [0.05, 0.1) is 5.02 Å². The van der Waals surface area contributed by atoms with Gasteiger partial charge in [0.15, 0.2) is 0 Å². The lowest BCUT2D eigenvalue weighted by Gasteiger charge is -2.31. The van der Waals surface area contributed by atoms with Gasteiger partial charge in [0.1, 0.15) is 4.90 Å². The second-order valence-electron chi connectivity index (χ2n) is 5.59. The van der Waals surface area contributed by atoms with Crippen molar-refractivity contribution in [3.05, 3.63) is 28.2 Å². The van der Waals surface area contributed by atoms with E-state index in [-0.39, 0.29) is 21.4 Å². The van der Waals surface area contributed by atoms with Crippen molar-refractivity contribution in [2.45, 2.75) is 38.1 Å². The fourth-order valence-electron chi connectivity index (χ4n) is 1.71. The molecule has 7 heteroatoms. The maximum atomic E-state index is 12.4. The summed E-state index contributed by atoms with van der Waals surface area (Å²) in [5.74, 6) is 0.369. The highest BCUT2D eigenvalue weighted by atomic mass is 35.5. The Balaban J connectivity index is 3.13. The molecule has 1 unspecified atom stereocenters. The van der Waals surface area contributed by atoms with Crippen molar-refractivity contribution in [3.8, 4) is 0 Å². The SMILES string of the molecule is CC(C)(C)C(CCCl)NS(=O)(=O)c1cc(Cl)ccc1Cl. The van der Waals surface area contributed by atoms with E-state index in [1.165, 1.54) is 12.1 Å². The Bertz CT molecular complexity index is 567. The maximum Gasteiger partial charge on any atom is 0.242 e. The van der Waals surface area contributed by atoms with Crippen LogP contribution in [0.25, 0.3) is 0 Å². The van der Waals surface area contributed by atoms with E-state index in [9.17, 15) is 8.42 Å². The fourth-order valence-corrected chi connectivity index (χ4v) is 4.17. The molecular weight excluding hydrogens is 341 g/mol. The standard InChI is InChI=1S/C13H18Cl3NO2S/c1-13(2,3)12(6-7-14)17-20(18,19)11-8-9(15)4-5-10(11)16/h4-5,8,12,17H,6-7H2,1-3H3. The van der Waals surface area contributed by atoms with Crippen LogP contribution >= 0.6 is 34.8 Å². The Morgan fingerprint density at radius 3 is 2.35 bits per heavy atom. The third kappa shape index (κ3) is 4.78. The zero-order chi connectivity index (χ0) is 15.6. The number of sulfonamides is 1. The van der Waals surface area contributed by atoms with Crippen LogP contribution < -0.4 is 4.72 Å². The Labute approximate surface area is 135 Å². The summed E-state index contributed by atoms with van der Waals surface area (Å²) in [6.45, 7) is 5.85. The number of benzene rings is 1. The van der Waals surface area contributed by atoms with E-state index in [2.05, 4.69) is 4.72 Å². The highest BCUT2D eigenvalue weighted by Gasteiger charge is 2.30. The van der Waals surface area contributed by atoms with Crippen LogP contribution in [0.15, 0.2) is 23.1 Å². The molecular formula is C13H18Cl3NO2S. The summed E-state index contributed by atoms with van der Waals surface area (Å²) in [6, 6.07) is 4.06. The second-order valence-corrected chi connectivity index (χ2v) is 8.50. The van der Waals surface area contributed by atoms with Crippen LogP contribution in [0, 0.1) is 5.41 Å². The minimum Gasteiger partial charge on any atom is -0.207 e. The lowest BCUT2D eigenvalue weighted by molar-refractivity contribution is 0.292. The average molecular weight is 359 g/mol. The molecule has 1 rings (SSSR count). The number of nitrogens with one attached hydrogen (secondary N) is 1. The average Bonchev–Trinajstić information content (AvgIpc) is 2.30. The van der Waals surface area contributed by atoms with Gasteiger partial charge < -0.3 is 0 Å². The van der Waals surface area contributed by atoms with Crippen molar-refractivity contribution < 1.29 is 8.42 Å². The van der Waals surface area contributed by atoms with Gasteiger partial charge in [-0.3, -0.25) is 0 Å². The van der Waals surface area contributed by atoms with Gasteiger partial charge >= 0.3 is 0 Å². The molecule has 0 aliphatic rings. The molecule has 1 atom stereocenters. The Hall–Kier alpha value is -0.000000000000000111. The molecule has 114 valence electrons. The lowest BCUT2D eigenvalue weighted by atomic mass is 9.86. The monoisotopic (exact) mass is 357 g/mol. The van der Waals surface area contributed by atoms with Gasteiger partial charge in [0.25, 0.3) is 0 Å². The molecule has 0 aliphatic heterocycles. The molecule has 0 radical (unpaired) electrons. The van der Waals surface area contributed by atoms with E-state index in [1.807, 2.05) is 20.8 Å². The second kappa shape index (κ2) is 6.84. The first-order valence-electron chi connectivity index (χ1n) is 6.11. The first-order chi connectivity index (χ1) is 9.08. The predicted molar refractivity (Wildman–Crippen MR) is 85.4 cm³/mol. The lowest BCUT2D eigenvalue weighted by Crippen LogP contribution is -2.44. The molecule has 0 saturated heterocycles. The van der Waals surface area contributed by atoms with Gasteiger partial charge in [-0.2, -0.15) is 0 Å². The van der Waals surface area contributed by atoms with E-state index in [0.29, 0.717) is 17.3 Å². The topological polar surface area (TPSA) is 46.2 Å². The Kier molecular flexibility index (Phi) is 6.17. The highest BCUT2D eigenvalue weighted by Crippen LogP contribution is 2.28. The van der Waals surface area contributed by atoms with Crippen molar-refractivity contribution in [2.24, 2.45) is 5.41 Å². The molecule has 0 saturated carbocycles. The smallest absolute Gasteiger partial charge is 0.207 e. The Morgan fingerprint density at radius 1 is 1.25 bits per heavy atom. The molecule has 20 heavy (non-hydrogen) atoms. The van der Waals surface area contributed by atoms with Crippen LogP contribution in [-0.2, 0) is 10.0 Å². The molecule has 0 heterocycles. The van der Waals surface area contributed by atoms with Crippen molar-refractivity contribution in [1.29, 1.82) is 0 Å². The summed E-state index contributed by atoms with van der Waals surface area (Å²) < 4.78 is 27.5. The van der Waals surface area contributed by atoms with Crippen LogP contribution in [-0.4, -0.2) is 20.3 Å². The van der Waals surface area contributed by atoms with Gasteiger partial charge in [-0.05, 0) is 30.0 Å². The Morgan fingerprint density at radius 2 is 1.85 bits per heavy atom. The van der Waals surface area contributed by atoms with Crippen molar-refractivity contribution >= 4 is 44.8 Å². The highest BCUT2D eigenvalue weighted by molar-refractivity contribution is 7.89. The molecule has 0 aromatic heterocycles. The minimum atomic E-state index is -3.74. The first-order valence-corrected chi connectivity index (χ1v) is 8.88. The number of alkyl halides is 1. The van der Waals surface area contributed by atoms with Crippen molar-refractivity contribution in [1.82, 2.24) is 4.72 Å². The molecule has 3 nitrogen and oxygen atoms in total. The summed E-state index contributed by atoms with van der Waals surface area (Å²) in [4.78, 5) is -0.0181. The summed E-state index contributed by atoms with van der Waals surface area (Å²) >= 11 is 17.5. The van der Waals surface area contributed by atoms with Crippen LogP contribution in [0.1, 0.15) is 27.2 Å². The number of hydrogen-bond donors (Lipinski definition) is 1. The van der Waals surface area contributed by atoms with Crippen LogP contribution in [0.5, 0.6) is 0 Å². The number of hydrogen-bond acceptors (Lipinski definition) is 2. The van der Waals surface area contributed by atoms with Gasteiger partial charge in [-0.1, -0.05) is 44.0 Å². The third-order valence-electron chi connectivity index (χ3n) is 2.92. The van der Waals surface area contributed by atoms with E-state index in [0.717, 1.165) is 0 Å². The van der Waals surface area contributed by atoms with E-state index in [1.54, 1.807) is 6.07 Å². The van der Waals surface area contributed by atoms with Crippen molar-refractivity contribution in [3.63, 3.8) is 0 Å². The van der Waals surface area contributed by atoms with Gasteiger partial charge in [0, 0.05) is 16.9 Å². The zero-order valence-electron chi connectivity index (χ0n) is 11.6. The minimum absolute atomic E-state index is 0.0181. The largest absolute Gasteiger partial charge is 0.242 e. The van der Waals surface area contributed by atoms with E-state index < -0.39 is 10.0 Å². The molecule has 0 bridgehead atoms. The molecule has 0 spiro atoms. The first kappa shape index (κ1) is 18.1.